The summed E-state index contributed by atoms with van der Waals surface area (Å²) in [6, 6.07) is 6.22. The number of rotatable bonds is 5. The molecule has 4 heteroatoms. The van der Waals surface area contributed by atoms with Gasteiger partial charge in [0.05, 0.1) is 0 Å². The predicted molar refractivity (Wildman–Crippen MR) is 65.9 cm³/mol. The Labute approximate surface area is 99.4 Å². The molecule has 0 radical (unpaired) electrons. The van der Waals surface area contributed by atoms with Crippen LogP contribution in [0.2, 0.25) is 0 Å². The molecule has 0 amide bonds. The number of thioether (sulfide) groups is 1. The lowest BCUT2D eigenvalue weighted by molar-refractivity contribution is -0.00939. The Morgan fingerprint density at radius 3 is 2.56 bits per heavy atom. The van der Waals surface area contributed by atoms with Crippen molar-refractivity contribution in [2.75, 3.05) is 12.0 Å². The van der Waals surface area contributed by atoms with Crippen molar-refractivity contribution in [1.29, 1.82) is 0 Å². The van der Waals surface area contributed by atoms with Gasteiger partial charge in [0.15, 0.2) is 0 Å². The molecule has 1 rings (SSSR count). The lowest BCUT2D eigenvalue weighted by atomic mass is 9.96. The Hall–Kier alpha value is -0.610. The first-order chi connectivity index (χ1) is 7.53. The zero-order valence-corrected chi connectivity index (χ0v) is 10.4. The molecule has 0 aliphatic rings. The summed E-state index contributed by atoms with van der Waals surface area (Å²) >= 11 is 1.56. The molecule has 2 N–H and O–H groups in total. The van der Waals surface area contributed by atoms with Crippen LogP contribution in [-0.2, 0) is 5.92 Å². The third-order valence-electron chi connectivity index (χ3n) is 2.54. The van der Waals surface area contributed by atoms with Crippen LogP contribution in [0.5, 0.6) is 0 Å². The van der Waals surface area contributed by atoms with E-state index in [2.05, 4.69) is 0 Å². The Morgan fingerprint density at radius 2 is 2.00 bits per heavy atom. The van der Waals surface area contributed by atoms with Crippen molar-refractivity contribution < 1.29 is 8.78 Å². The highest BCUT2D eigenvalue weighted by molar-refractivity contribution is 7.98. The normalized spacial score (nSPS) is 13.8. The number of hydrogen-bond acceptors (Lipinski definition) is 2. The van der Waals surface area contributed by atoms with Crippen LogP contribution in [0.3, 0.4) is 0 Å². The molecular formula is C12H17F2NS. The maximum atomic E-state index is 13.7. The average Bonchev–Trinajstić information content (AvgIpc) is 2.29. The van der Waals surface area contributed by atoms with Crippen molar-refractivity contribution >= 4 is 11.8 Å². The van der Waals surface area contributed by atoms with Gasteiger partial charge in [-0.05, 0) is 11.8 Å². The van der Waals surface area contributed by atoms with Crippen molar-refractivity contribution in [2.24, 2.45) is 5.73 Å². The molecule has 1 unspecified atom stereocenters. The molecule has 0 fully saturated rings. The Kier molecular flexibility index (Phi) is 4.74. The van der Waals surface area contributed by atoms with Crippen LogP contribution in [0.15, 0.2) is 24.3 Å². The molecule has 0 heterocycles. The highest BCUT2D eigenvalue weighted by Crippen LogP contribution is 2.35. The molecule has 0 aliphatic heterocycles. The van der Waals surface area contributed by atoms with Gasteiger partial charge in [0.1, 0.15) is 0 Å². The van der Waals surface area contributed by atoms with Crippen LogP contribution in [0.4, 0.5) is 8.78 Å². The van der Waals surface area contributed by atoms with E-state index in [0.29, 0.717) is 11.3 Å². The SMILES string of the molecule is CCC(F)(F)c1ccccc1C(N)CSC. The topological polar surface area (TPSA) is 26.0 Å². The van der Waals surface area contributed by atoms with Crippen molar-refractivity contribution in [3.8, 4) is 0 Å². The fourth-order valence-electron chi connectivity index (χ4n) is 1.61. The summed E-state index contributed by atoms with van der Waals surface area (Å²) in [5, 5.41) is 0. The van der Waals surface area contributed by atoms with E-state index in [-0.39, 0.29) is 18.0 Å². The maximum Gasteiger partial charge on any atom is 0.273 e. The monoisotopic (exact) mass is 245 g/mol. The molecule has 16 heavy (non-hydrogen) atoms. The van der Waals surface area contributed by atoms with Gasteiger partial charge in [-0.15, -0.1) is 0 Å². The van der Waals surface area contributed by atoms with Gasteiger partial charge < -0.3 is 5.73 Å². The second kappa shape index (κ2) is 5.64. The quantitative estimate of drug-likeness (QED) is 0.858. The van der Waals surface area contributed by atoms with Crippen molar-refractivity contribution in [2.45, 2.75) is 25.3 Å². The van der Waals surface area contributed by atoms with Gasteiger partial charge in [0.25, 0.3) is 5.92 Å². The predicted octanol–water partition coefficient (Wildman–Crippen LogP) is 3.55. The minimum Gasteiger partial charge on any atom is -0.323 e. The van der Waals surface area contributed by atoms with E-state index < -0.39 is 5.92 Å². The molecule has 0 saturated carbocycles. The number of nitrogens with two attached hydrogens (primary N) is 1. The molecule has 1 aromatic carbocycles. The fourth-order valence-corrected chi connectivity index (χ4v) is 2.15. The second-order valence-electron chi connectivity index (χ2n) is 3.71. The minimum absolute atomic E-state index is 0.0686. The van der Waals surface area contributed by atoms with Crippen LogP contribution in [0.1, 0.15) is 30.5 Å². The summed E-state index contributed by atoms with van der Waals surface area (Å²) in [5.74, 6) is -2.14. The smallest absolute Gasteiger partial charge is 0.273 e. The van der Waals surface area contributed by atoms with Gasteiger partial charge in [-0.1, -0.05) is 31.2 Å². The minimum atomic E-state index is -2.79. The molecule has 1 aromatic rings. The lowest BCUT2D eigenvalue weighted by Gasteiger charge is -2.21. The zero-order chi connectivity index (χ0) is 12.2. The van der Waals surface area contributed by atoms with Gasteiger partial charge in [0, 0.05) is 23.8 Å². The first kappa shape index (κ1) is 13.5. The van der Waals surface area contributed by atoms with Crippen LogP contribution < -0.4 is 5.73 Å². The second-order valence-corrected chi connectivity index (χ2v) is 4.62. The Morgan fingerprint density at radius 1 is 1.38 bits per heavy atom. The van der Waals surface area contributed by atoms with Gasteiger partial charge in [-0.2, -0.15) is 11.8 Å². The molecule has 0 aliphatic carbocycles. The maximum absolute atomic E-state index is 13.7. The standard InChI is InChI=1S/C12H17F2NS/c1-3-12(13,14)10-7-5-4-6-9(10)11(15)8-16-2/h4-7,11H,3,8,15H2,1-2H3. The molecular weight excluding hydrogens is 228 g/mol. The van der Waals surface area contributed by atoms with Gasteiger partial charge in [-0.25, -0.2) is 8.78 Å². The van der Waals surface area contributed by atoms with E-state index in [4.69, 9.17) is 5.73 Å². The zero-order valence-electron chi connectivity index (χ0n) is 9.54. The van der Waals surface area contributed by atoms with Gasteiger partial charge in [-0.3, -0.25) is 0 Å². The Bertz CT molecular complexity index is 342. The van der Waals surface area contributed by atoms with Crippen molar-refractivity contribution in [3.05, 3.63) is 35.4 Å². The summed E-state index contributed by atoms with van der Waals surface area (Å²) in [6.07, 6.45) is 1.72. The third kappa shape index (κ3) is 2.95. The summed E-state index contributed by atoms with van der Waals surface area (Å²) in [4.78, 5) is 0. The van der Waals surface area contributed by atoms with Crippen LogP contribution in [-0.4, -0.2) is 12.0 Å². The first-order valence-electron chi connectivity index (χ1n) is 5.24. The molecule has 0 bridgehead atoms. The summed E-state index contributed by atoms with van der Waals surface area (Å²) < 4.78 is 27.4. The first-order valence-corrected chi connectivity index (χ1v) is 6.64. The van der Waals surface area contributed by atoms with Gasteiger partial charge in [0.2, 0.25) is 0 Å². The molecule has 90 valence electrons. The molecule has 1 nitrogen and oxygen atoms in total. The summed E-state index contributed by atoms with van der Waals surface area (Å²) in [6.45, 7) is 1.48. The molecule has 0 aromatic heterocycles. The highest BCUT2D eigenvalue weighted by atomic mass is 32.2. The average molecular weight is 245 g/mol. The van der Waals surface area contributed by atoms with E-state index in [1.54, 1.807) is 30.0 Å². The van der Waals surface area contributed by atoms with Crippen molar-refractivity contribution in [1.82, 2.24) is 0 Å². The van der Waals surface area contributed by atoms with Crippen molar-refractivity contribution in [3.63, 3.8) is 0 Å². The van der Waals surface area contributed by atoms with Gasteiger partial charge >= 0.3 is 0 Å². The third-order valence-corrected chi connectivity index (χ3v) is 3.24. The summed E-state index contributed by atoms with van der Waals surface area (Å²) in [7, 11) is 0. The van der Waals surface area contributed by atoms with E-state index in [1.165, 1.54) is 13.0 Å². The van der Waals surface area contributed by atoms with E-state index in [1.807, 2.05) is 6.26 Å². The van der Waals surface area contributed by atoms with Crippen LogP contribution in [0.25, 0.3) is 0 Å². The Balaban J connectivity index is 3.09. The summed E-state index contributed by atoms with van der Waals surface area (Å²) in [5.41, 5.74) is 6.53. The number of halogens is 2. The molecule has 1 atom stereocenters. The molecule has 0 spiro atoms. The lowest BCUT2D eigenvalue weighted by Crippen LogP contribution is -2.21. The van der Waals surface area contributed by atoms with E-state index in [0.717, 1.165) is 0 Å². The van der Waals surface area contributed by atoms with Crippen LogP contribution in [0, 0.1) is 0 Å². The number of benzene rings is 1. The van der Waals surface area contributed by atoms with E-state index in [9.17, 15) is 8.78 Å². The highest BCUT2D eigenvalue weighted by Gasteiger charge is 2.32. The van der Waals surface area contributed by atoms with Crippen LogP contribution >= 0.6 is 11.8 Å². The van der Waals surface area contributed by atoms with E-state index >= 15 is 0 Å². The number of hydrogen-bond donors (Lipinski definition) is 1. The fraction of sp³-hybridized carbons (Fsp3) is 0.500. The largest absolute Gasteiger partial charge is 0.323 e. The number of alkyl halides is 2. The molecule has 0 saturated heterocycles.